The Kier molecular flexibility index (Phi) is 3.26. The summed E-state index contributed by atoms with van der Waals surface area (Å²) < 4.78 is 0. The number of nitrogens with one attached hydrogen (secondary N) is 1. The van der Waals surface area contributed by atoms with Crippen LogP contribution in [0, 0.1) is 11.8 Å². The smallest absolute Gasteiger partial charge is 0.168 e. The third kappa shape index (κ3) is 2.02. The molecule has 1 aliphatic carbocycles. The van der Waals surface area contributed by atoms with E-state index in [0.717, 1.165) is 16.9 Å². The molecule has 2 nitrogen and oxygen atoms in total. The second-order valence-electron chi connectivity index (χ2n) is 4.59. The molecule has 1 aliphatic heterocycles. The maximum Gasteiger partial charge on any atom is 0.168 e. The Labute approximate surface area is 92.0 Å². The Morgan fingerprint density at radius 1 is 1.21 bits per heavy atom. The minimum absolute atomic E-state index is 0.920. The molecule has 0 aromatic heterocycles. The van der Waals surface area contributed by atoms with Gasteiger partial charge < -0.3 is 10.2 Å². The van der Waals surface area contributed by atoms with E-state index in [1.165, 1.54) is 45.2 Å². The molecule has 14 heavy (non-hydrogen) atoms. The quantitative estimate of drug-likeness (QED) is 0.618. The lowest BCUT2D eigenvalue weighted by molar-refractivity contribution is 0.130. The van der Waals surface area contributed by atoms with Crippen molar-refractivity contribution in [2.24, 2.45) is 11.8 Å². The van der Waals surface area contributed by atoms with Crippen molar-refractivity contribution >= 4 is 17.3 Å². The van der Waals surface area contributed by atoms with Gasteiger partial charge in [0.25, 0.3) is 0 Å². The van der Waals surface area contributed by atoms with Crippen molar-refractivity contribution in [1.82, 2.24) is 10.2 Å². The number of likely N-dealkylation sites (tertiary alicyclic amines) is 1. The first-order valence-corrected chi connectivity index (χ1v) is 6.18. The minimum atomic E-state index is 0.920. The normalized spacial score (nSPS) is 32.2. The number of piperidine rings is 1. The van der Waals surface area contributed by atoms with Crippen LogP contribution in [0.15, 0.2) is 0 Å². The summed E-state index contributed by atoms with van der Waals surface area (Å²) in [6.45, 7) is 2.37. The van der Waals surface area contributed by atoms with Gasteiger partial charge in [0.2, 0.25) is 0 Å². The van der Waals surface area contributed by atoms with Crippen molar-refractivity contribution in [1.29, 1.82) is 0 Å². The van der Waals surface area contributed by atoms with E-state index >= 15 is 0 Å². The zero-order valence-electron chi connectivity index (χ0n) is 8.96. The van der Waals surface area contributed by atoms with Crippen LogP contribution in [0.3, 0.4) is 0 Å². The van der Waals surface area contributed by atoms with Crippen LogP contribution in [0.2, 0.25) is 0 Å². The van der Waals surface area contributed by atoms with E-state index in [4.69, 9.17) is 12.2 Å². The SMILES string of the molecule is CNC(=S)N1CCC2CCCCC2C1. The molecule has 2 unspecified atom stereocenters. The van der Waals surface area contributed by atoms with Crippen LogP contribution in [-0.2, 0) is 0 Å². The Morgan fingerprint density at radius 2 is 1.93 bits per heavy atom. The van der Waals surface area contributed by atoms with E-state index < -0.39 is 0 Å². The molecule has 2 fully saturated rings. The van der Waals surface area contributed by atoms with Gasteiger partial charge >= 0.3 is 0 Å². The topological polar surface area (TPSA) is 15.3 Å². The van der Waals surface area contributed by atoms with Crippen molar-refractivity contribution < 1.29 is 0 Å². The van der Waals surface area contributed by atoms with Gasteiger partial charge in [0, 0.05) is 20.1 Å². The lowest BCUT2D eigenvalue weighted by atomic mass is 9.75. The molecule has 2 rings (SSSR count). The summed E-state index contributed by atoms with van der Waals surface area (Å²) in [5.41, 5.74) is 0. The fourth-order valence-electron chi connectivity index (χ4n) is 2.94. The van der Waals surface area contributed by atoms with E-state index in [0.29, 0.717) is 0 Å². The molecule has 2 atom stereocenters. The Morgan fingerprint density at radius 3 is 2.64 bits per heavy atom. The first-order chi connectivity index (χ1) is 6.81. The van der Waals surface area contributed by atoms with Gasteiger partial charge in [0.1, 0.15) is 0 Å². The predicted octanol–water partition coefficient (Wildman–Crippen LogP) is 2.00. The molecule has 3 heteroatoms. The predicted molar refractivity (Wildman–Crippen MR) is 63.3 cm³/mol. The molecule has 0 aromatic rings. The number of rotatable bonds is 0. The van der Waals surface area contributed by atoms with Crippen molar-refractivity contribution in [3.05, 3.63) is 0 Å². The Hall–Kier alpha value is -0.310. The summed E-state index contributed by atoms with van der Waals surface area (Å²) in [5.74, 6) is 1.92. The van der Waals surface area contributed by atoms with Crippen LogP contribution in [0.5, 0.6) is 0 Å². The van der Waals surface area contributed by atoms with Gasteiger partial charge in [-0.15, -0.1) is 0 Å². The highest BCUT2D eigenvalue weighted by molar-refractivity contribution is 7.80. The molecule has 1 heterocycles. The van der Waals surface area contributed by atoms with Crippen LogP contribution in [0.25, 0.3) is 0 Å². The van der Waals surface area contributed by atoms with Gasteiger partial charge in [0.05, 0.1) is 0 Å². The molecular formula is C11H20N2S. The van der Waals surface area contributed by atoms with Gasteiger partial charge in [-0.05, 0) is 36.9 Å². The van der Waals surface area contributed by atoms with Gasteiger partial charge in [0.15, 0.2) is 5.11 Å². The number of fused-ring (bicyclic) bond motifs is 1. The minimum Gasteiger partial charge on any atom is -0.366 e. The zero-order valence-corrected chi connectivity index (χ0v) is 9.78. The average Bonchev–Trinajstić information content (AvgIpc) is 2.27. The highest BCUT2D eigenvalue weighted by Gasteiger charge is 2.31. The molecule has 0 spiro atoms. The maximum absolute atomic E-state index is 5.28. The second-order valence-corrected chi connectivity index (χ2v) is 4.98. The first-order valence-electron chi connectivity index (χ1n) is 5.78. The average molecular weight is 212 g/mol. The third-order valence-corrected chi connectivity index (χ3v) is 4.25. The molecule has 0 bridgehead atoms. The summed E-state index contributed by atoms with van der Waals surface area (Å²) in [7, 11) is 1.93. The van der Waals surface area contributed by atoms with Gasteiger partial charge in [-0.2, -0.15) is 0 Å². The van der Waals surface area contributed by atoms with E-state index in [1.807, 2.05) is 7.05 Å². The van der Waals surface area contributed by atoms with Crippen LogP contribution >= 0.6 is 12.2 Å². The van der Waals surface area contributed by atoms with Crippen LogP contribution < -0.4 is 5.32 Å². The second kappa shape index (κ2) is 4.47. The van der Waals surface area contributed by atoms with E-state index in [9.17, 15) is 0 Å². The summed E-state index contributed by atoms with van der Waals surface area (Å²) in [5, 5.41) is 4.03. The fraction of sp³-hybridized carbons (Fsp3) is 0.909. The lowest BCUT2D eigenvalue weighted by Gasteiger charge is -2.42. The molecule has 2 aliphatic rings. The molecular weight excluding hydrogens is 192 g/mol. The summed E-state index contributed by atoms with van der Waals surface area (Å²) >= 11 is 5.28. The van der Waals surface area contributed by atoms with Gasteiger partial charge in [-0.1, -0.05) is 19.3 Å². The maximum atomic E-state index is 5.28. The number of thiocarbonyl (C=S) groups is 1. The summed E-state index contributed by atoms with van der Waals surface area (Å²) in [4.78, 5) is 2.35. The molecule has 1 saturated heterocycles. The van der Waals surface area contributed by atoms with Crippen molar-refractivity contribution in [3.63, 3.8) is 0 Å². The van der Waals surface area contributed by atoms with Crippen molar-refractivity contribution in [2.45, 2.75) is 32.1 Å². The summed E-state index contributed by atoms with van der Waals surface area (Å²) in [6.07, 6.45) is 7.13. The Bertz CT molecular complexity index is 217. The molecule has 1 saturated carbocycles. The van der Waals surface area contributed by atoms with Crippen LogP contribution in [0.1, 0.15) is 32.1 Å². The highest BCUT2D eigenvalue weighted by Crippen LogP contribution is 2.35. The summed E-state index contributed by atoms with van der Waals surface area (Å²) in [6, 6.07) is 0. The molecule has 0 aromatic carbocycles. The fourth-order valence-corrected chi connectivity index (χ4v) is 3.11. The van der Waals surface area contributed by atoms with E-state index in [-0.39, 0.29) is 0 Å². The lowest BCUT2D eigenvalue weighted by Crippen LogP contribution is -2.47. The number of hydrogen-bond acceptors (Lipinski definition) is 1. The first kappa shape index (κ1) is 10.2. The molecule has 1 N–H and O–H groups in total. The van der Waals surface area contributed by atoms with Gasteiger partial charge in [-0.25, -0.2) is 0 Å². The monoisotopic (exact) mass is 212 g/mol. The van der Waals surface area contributed by atoms with Crippen molar-refractivity contribution in [2.75, 3.05) is 20.1 Å². The standard InChI is InChI=1S/C11H20N2S/c1-12-11(14)13-7-6-9-4-2-3-5-10(9)8-13/h9-10H,2-8H2,1H3,(H,12,14). The van der Waals surface area contributed by atoms with E-state index in [1.54, 1.807) is 0 Å². The number of hydrogen-bond donors (Lipinski definition) is 1. The van der Waals surface area contributed by atoms with Crippen LogP contribution in [0.4, 0.5) is 0 Å². The third-order valence-electron chi connectivity index (χ3n) is 3.79. The van der Waals surface area contributed by atoms with E-state index in [2.05, 4.69) is 10.2 Å². The van der Waals surface area contributed by atoms with Crippen LogP contribution in [-0.4, -0.2) is 30.1 Å². The largest absolute Gasteiger partial charge is 0.366 e. The van der Waals surface area contributed by atoms with Gasteiger partial charge in [-0.3, -0.25) is 0 Å². The van der Waals surface area contributed by atoms with Crippen molar-refractivity contribution in [3.8, 4) is 0 Å². The number of nitrogens with zero attached hydrogens (tertiary/aromatic N) is 1. The highest BCUT2D eigenvalue weighted by atomic mass is 32.1. The molecule has 0 amide bonds. The molecule has 80 valence electrons. The Balaban J connectivity index is 1.92. The zero-order chi connectivity index (χ0) is 9.97. The molecule has 0 radical (unpaired) electrons.